The van der Waals surface area contributed by atoms with Crippen molar-refractivity contribution in [1.29, 1.82) is 0 Å². The third-order valence-electron chi connectivity index (χ3n) is 6.14. The number of anilines is 3. The van der Waals surface area contributed by atoms with E-state index in [1.807, 2.05) is 29.5 Å². The van der Waals surface area contributed by atoms with E-state index in [0.717, 1.165) is 37.3 Å². The van der Waals surface area contributed by atoms with E-state index in [4.69, 9.17) is 0 Å². The van der Waals surface area contributed by atoms with Crippen LogP contribution in [0.5, 0.6) is 0 Å². The number of carbonyl (C=O) groups excluding carboxylic acids is 2. The highest BCUT2D eigenvalue weighted by Gasteiger charge is 2.39. The number of fused-ring (bicyclic) bond motifs is 1. The average Bonchev–Trinajstić information content (AvgIpc) is 3.33. The second-order valence-electron chi connectivity index (χ2n) is 8.43. The molecule has 1 saturated carbocycles. The Morgan fingerprint density at radius 1 is 1.03 bits per heavy atom. The second-order valence-corrected chi connectivity index (χ2v) is 9.43. The summed E-state index contributed by atoms with van der Waals surface area (Å²) in [5.74, 6) is 0.395. The Kier molecular flexibility index (Phi) is 5.24. The zero-order valence-electron chi connectivity index (χ0n) is 17.4. The third kappa shape index (κ3) is 4.35. The van der Waals surface area contributed by atoms with Gasteiger partial charge in [0.15, 0.2) is 0 Å². The van der Waals surface area contributed by atoms with E-state index in [9.17, 15) is 9.59 Å². The Labute approximate surface area is 186 Å². The molecule has 2 aliphatic rings. The first-order chi connectivity index (χ1) is 15.1. The van der Waals surface area contributed by atoms with Crippen LogP contribution in [0.25, 0.3) is 0 Å². The van der Waals surface area contributed by atoms with Crippen LogP contribution in [-0.4, -0.2) is 18.4 Å². The summed E-state index contributed by atoms with van der Waals surface area (Å²) in [6, 6.07) is 17.3. The minimum absolute atomic E-state index is 0.0351. The van der Waals surface area contributed by atoms with Gasteiger partial charge in [-0.05, 0) is 78.2 Å². The molecule has 1 aliphatic heterocycles. The molecule has 1 aliphatic carbocycles. The third-order valence-corrected chi connectivity index (χ3v) is 7.16. The largest absolute Gasteiger partial charge is 0.367 e. The molecule has 3 aromatic rings. The number of rotatable bonds is 5. The summed E-state index contributed by atoms with van der Waals surface area (Å²) in [4.78, 5) is 28.7. The van der Waals surface area contributed by atoms with Crippen LogP contribution in [0.15, 0.2) is 60.0 Å². The van der Waals surface area contributed by atoms with Crippen LogP contribution >= 0.6 is 11.3 Å². The second kappa shape index (κ2) is 8.19. The minimum atomic E-state index is -0.190. The highest BCUT2D eigenvalue weighted by Crippen LogP contribution is 2.38. The molecule has 2 heterocycles. The van der Waals surface area contributed by atoms with E-state index in [1.165, 1.54) is 10.4 Å². The zero-order valence-corrected chi connectivity index (χ0v) is 18.2. The molecule has 31 heavy (non-hydrogen) atoms. The molecule has 2 aromatic carbocycles. The number of nitrogens with zero attached hydrogens (tertiary/aromatic N) is 1. The smallest absolute Gasteiger partial charge is 0.255 e. The molecule has 5 nitrogen and oxygen atoms in total. The predicted molar refractivity (Wildman–Crippen MR) is 126 cm³/mol. The average molecular weight is 432 g/mol. The highest BCUT2D eigenvalue weighted by atomic mass is 32.1. The molecule has 1 fully saturated rings. The predicted octanol–water partition coefficient (Wildman–Crippen LogP) is 5.16. The van der Waals surface area contributed by atoms with Crippen molar-refractivity contribution in [2.45, 2.75) is 26.3 Å². The van der Waals surface area contributed by atoms with Crippen molar-refractivity contribution in [2.75, 3.05) is 22.1 Å². The van der Waals surface area contributed by atoms with E-state index >= 15 is 0 Å². The summed E-state index contributed by atoms with van der Waals surface area (Å²) >= 11 is 1.84. The number of thiophene rings is 1. The molecule has 0 saturated heterocycles. The SMILES string of the molecule is CC1CC1C(=O)Nc1cccc(C(=O)Nc2ccc(N3CCc4sccc4C3)cc2)c1. The van der Waals surface area contributed by atoms with Crippen LogP contribution in [-0.2, 0) is 17.8 Å². The van der Waals surface area contributed by atoms with Gasteiger partial charge in [-0.3, -0.25) is 9.59 Å². The lowest BCUT2D eigenvalue weighted by atomic mass is 10.1. The molecule has 2 atom stereocenters. The quantitative estimate of drug-likeness (QED) is 0.587. The summed E-state index contributed by atoms with van der Waals surface area (Å²) in [7, 11) is 0. The lowest BCUT2D eigenvalue weighted by Crippen LogP contribution is -2.29. The maximum Gasteiger partial charge on any atom is 0.255 e. The highest BCUT2D eigenvalue weighted by molar-refractivity contribution is 7.10. The van der Waals surface area contributed by atoms with Crippen LogP contribution in [0.1, 0.15) is 34.1 Å². The fraction of sp³-hybridized carbons (Fsp3) is 0.280. The number of nitrogens with one attached hydrogen (secondary N) is 2. The molecule has 2 amide bonds. The summed E-state index contributed by atoms with van der Waals surface area (Å²) < 4.78 is 0. The van der Waals surface area contributed by atoms with Gasteiger partial charge in [0, 0.05) is 46.5 Å². The summed E-state index contributed by atoms with van der Waals surface area (Å²) in [5, 5.41) is 8.04. The number of hydrogen-bond acceptors (Lipinski definition) is 4. The standard InChI is InChI=1S/C25H25N3O2S/c1-16-13-22(16)25(30)27-20-4-2-3-17(14-20)24(29)26-19-5-7-21(8-6-19)28-11-9-23-18(15-28)10-12-31-23/h2-8,10,12,14,16,22H,9,11,13,15H2,1H3,(H,26,29)(H,27,30). The Hall–Kier alpha value is -3.12. The van der Waals surface area contributed by atoms with Crippen molar-refractivity contribution in [3.63, 3.8) is 0 Å². The normalized spacial score (nSPS) is 19.5. The van der Waals surface area contributed by atoms with E-state index < -0.39 is 0 Å². The van der Waals surface area contributed by atoms with Crippen molar-refractivity contribution in [2.24, 2.45) is 11.8 Å². The lowest BCUT2D eigenvalue weighted by molar-refractivity contribution is -0.117. The molecular formula is C25H25N3O2S. The van der Waals surface area contributed by atoms with Crippen LogP contribution < -0.4 is 15.5 Å². The first-order valence-corrected chi connectivity index (χ1v) is 11.6. The maximum atomic E-state index is 12.7. The van der Waals surface area contributed by atoms with Gasteiger partial charge in [0.25, 0.3) is 5.91 Å². The van der Waals surface area contributed by atoms with E-state index in [2.05, 4.69) is 46.0 Å². The van der Waals surface area contributed by atoms with Gasteiger partial charge in [0.2, 0.25) is 5.91 Å². The number of carbonyl (C=O) groups is 2. The van der Waals surface area contributed by atoms with Crippen molar-refractivity contribution in [1.82, 2.24) is 0 Å². The summed E-state index contributed by atoms with van der Waals surface area (Å²) in [5.41, 5.74) is 4.51. The Morgan fingerprint density at radius 3 is 2.61 bits per heavy atom. The van der Waals surface area contributed by atoms with Crippen LogP contribution in [0.3, 0.4) is 0 Å². The van der Waals surface area contributed by atoms with E-state index in [0.29, 0.717) is 17.2 Å². The van der Waals surface area contributed by atoms with Gasteiger partial charge in [0.05, 0.1) is 0 Å². The van der Waals surface area contributed by atoms with Gasteiger partial charge in [-0.25, -0.2) is 0 Å². The van der Waals surface area contributed by atoms with Gasteiger partial charge in [-0.1, -0.05) is 13.0 Å². The first-order valence-electron chi connectivity index (χ1n) is 10.7. The monoisotopic (exact) mass is 431 g/mol. The molecule has 0 bridgehead atoms. The van der Waals surface area contributed by atoms with Gasteiger partial charge in [-0.2, -0.15) is 0 Å². The van der Waals surface area contributed by atoms with Gasteiger partial charge in [0.1, 0.15) is 0 Å². The Balaban J connectivity index is 1.22. The molecular weight excluding hydrogens is 406 g/mol. The van der Waals surface area contributed by atoms with Gasteiger partial charge < -0.3 is 15.5 Å². The summed E-state index contributed by atoms with van der Waals surface area (Å²) in [6.45, 7) is 4.02. The Morgan fingerprint density at radius 2 is 1.84 bits per heavy atom. The number of hydrogen-bond donors (Lipinski definition) is 2. The van der Waals surface area contributed by atoms with Crippen molar-refractivity contribution in [3.05, 3.63) is 76.0 Å². The molecule has 5 rings (SSSR count). The van der Waals surface area contributed by atoms with E-state index in [1.54, 1.807) is 18.2 Å². The van der Waals surface area contributed by atoms with Crippen molar-refractivity contribution >= 4 is 40.2 Å². The topological polar surface area (TPSA) is 61.4 Å². The molecule has 2 N–H and O–H groups in total. The molecule has 158 valence electrons. The van der Waals surface area contributed by atoms with Crippen LogP contribution in [0.2, 0.25) is 0 Å². The number of amides is 2. The van der Waals surface area contributed by atoms with Crippen molar-refractivity contribution < 1.29 is 9.59 Å². The first kappa shape index (κ1) is 19.8. The Bertz CT molecular complexity index is 1120. The maximum absolute atomic E-state index is 12.7. The molecule has 6 heteroatoms. The minimum Gasteiger partial charge on any atom is -0.367 e. The molecule has 0 radical (unpaired) electrons. The van der Waals surface area contributed by atoms with Crippen molar-refractivity contribution in [3.8, 4) is 0 Å². The molecule has 0 spiro atoms. The summed E-state index contributed by atoms with van der Waals surface area (Å²) in [6.07, 6.45) is 2.02. The fourth-order valence-corrected chi connectivity index (χ4v) is 4.98. The van der Waals surface area contributed by atoms with Gasteiger partial charge >= 0.3 is 0 Å². The molecule has 2 unspecified atom stereocenters. The molecule has 1 aromatic heterocycles. The van der Waals surface area contributed by atoms with Gasteiger partial charge in [-0.15, -0.1) is 11.3 Å². The lowest BCUT2D eigenvalue weighted by Gasteiger charge is -2.29. The van der Waals surface area contributed by atoms with Crippen LogP contribution in [0.4, 0.5) is 17.1 Å². The van der Waals surface area contributed by atoms with E-state index in [-0.39, 0.29) is 17.7 Å². The number of benzene rings is 2. The van der Waals surface area contributed by atoms with Crippen LogP contribution in [0, 0.1) is 11.8 Å². The zero-order chi connectivity index (χ0) is 21.4. The fourth-order valence-electron chi connectivity index (χ4n) is 4.09.